The molecule has 0 saturated carbocycles. The molecule has 1 unspecified atom stereocenters. The van der Waals surface area contributed by atoms with Gasteiger partial charge in [-0.25, -0.2) is 9.37 Å². The Kier molecular flexibility index (Phi) is 4.25. The topological polar surface area (TPSA) is 59.2 Å². The Morgan fingerprint density at radius 1 is 1.44 bits per heavy atom. The summed E-state index contributed by atoms with van der Waals surface area (Å²) in [6.45, 7) is 1.17. The van der Waals surface area contributed by atoms with Crippen molar-refractivity contribution in [3.63, 3.8) is 0 Å². The highest BCUT2D eigenvalue weighted by molar-refractivity contribution is 5.92. The van der Waals surface area contributed by atoms with Gasteiger partial charge >= 0.3 is 0 Å². The molecule has 5 heteroatoms. The van der Waals surface area contributed by atoms with Crippen molar-refractivity contribution in [2.45, 2.75) is 31.7 Å². The molecular formula is C13H18FN3O. The molecule has 0 spiro atoms. The van der Waals surface area contributed by atoms with Crippen LogP contribution in [0.4, 0.5) is 4.39 Å². The molecule has 1 fully saturated rings. The smallest absolute Gasteiger partial charge is 0.272 e. The minimum absolute atomic E-state index is 0.0758. The fraction of sp³-hybridized carbons (Fsp3) is 0.538. The first kappa shape index (κ1) is 13.0. The molecule has 1 aromatic heterocycles. The fourth-order valence-corrected chi connectivity index (χ4v) is 2.34. The summed E-state index contributed by atoms with van der Waals surface area (Å²) in [6, 6.07) is 2.76. The van der Waals surface area contributed by atoms with Crippen LogP contribution in [-0.4, -0.2) is 34.9 Å². The van der Waals surface area contributed by atoms with Crippen LogP contribution in [0.5, 0.6) is 0 Å². The van der Waals surface area contributed by atoms with E-state index in [4.69, 9.17) is 5.73 Å². The van der Waals surface area contributed by atoms with Gasteiger partial charge in [0, 0.05) is 19.1 Å². The Bertz CT molecular complexity index is 407. The molecule has 2 N–H and O–H groups in total. The van der Waals surface area contributed by atoms with E-state index in [1.165, 1.54) is 12.1 Å². The lowest BCUT2D eigenvalue weighted by Crippen LogP contribution is -2.44. The lowest BCUT2D eigenvalue weighted by atomic mass is 10.1. The van der Waals surface area contributed by atoms with Crippen LogP contribution in [0.3, 0.4) is 0 Å². The largest absolute Gasteiger partial charge is 0.333 e. The second kappa shape index (κ2) is 5.91. The van der Waals surface area contributed by atoms with Crippen LogP contribution in [0.15, 0.2) is 18.3 Å². The number of hydrogen-bond acceptors (Lipinski definition) is 3. The number of nitrogens with zero attached hydrogens (tertiary/aromatic N) is 2. The lowest BCUT2D eigenvalue weighted by molar-refractivity contribution is 0.0683. The van der Waals surface area contributed by atoms with Crippen LogP contribution in [0.1, 0.15) is 36.2 Å². The zero-order valence-corrected chi connectivity index (χ0v) is 10.3. The molecule has 0 bridgehead atoms. The number of amides is 1. The molecule has 1 aliphatic heterocycles. The molecule has 0 aliphatic carbocycles. The maximum absolute atomic E-state index is 12.8. The summed E-state index contributed by atoms with van der Waals surface area (Å²) >= 11 is 0. The number of pyridine rings is 1. The van der Waals surface area contributed by atoms with Gasteiger partial charge < -0.3 is 10.6 Å². The maximum atomic E-state index is 12.8. The minimum Gasteiger partial charge on any atom is -0.333 e. The Balaban J connectivity index is 2.17. The van der Waals surface area contributed by atoms with Crippen LogP contribution in [-0.2, 0) is 0 Å². The molecule has 1 atom stereocenters. The zero-order chi connectivity index (χ0) is 13.0. The molecule has 1 aromatic rings. The lowest BCUT2D eigenvalue weighted by Gasteiger charge is -2.28. The summed E-state index contributed by atoms with van der Waals surface area (Å²) < 4.78 is 12.8. The van der Waals surface area contributed by atoms with Crippen LogP contribution < -0.4 is 5.73 Å². The highest BCUT2D eigenvalue weighted by Gasteiger charge is 2.25. The van der Waals surface area contributed by atoms with E-state index < -0.39 is 5.82 Å². The highest BCUT2D eigenvalue weighted by Crippen LogP contribution is 2.18. The molecular weight excluding hydrogens is 233 g/mol. The third-order valence-electron chi connectivity index (χ3n) is 3.36. The third kappa shape index (κ3) is 2.85. The van der Waals surface area contributed by atoms with E-state index in [2.05, 4.69) is 4.98 Å². The first-order chi connectivity index (χ1) is 8.72. The van der Waals surface area contributed by atoms with E-state index in [9.17, 15) is 9.18 Å². The predicted octanol–water partition coefficient (Wildman–Crippen LogP) is 1.56. The molecule has 0 radical (unpaired) electrons. The van der Waals surface area contributed by atoms with Crippen molar-refractivity contribution < 1.29 is 9.18 Å². The summed E-state index contributed by atoms with van der Waals surface area (Å²) in [4.78, 5) is 17.9. The van der Waals surface area contributed by atoms with Gasteiger partial charge in [0.1, 0.15) is 11.5 Å². The van der Waals surface area contributed by atoms with Gasteiger partial charge in [-0.3, -0.25) is 4.79 Å². The van der Waals surface area contributed by atoms with E-state index in [-0.39, 0.29) is 17.6 Å². The molecule has 2 rings (SSSR count). The fourth-order valence-electron chi connectivity index (χ4n) is 2.34. The quantitative estimate of drug-likeness (QED) is 0.867. The van der Waals surface area contributed by atoms with Crippen LogP contribution in [0.25, 0.3) is 0 Å². The number of aromatic nitrogens is 1. The minimum atomic E-state index is -0.433. The van der Waals surface area contributed by atoms with Crippen LogP contribution in [0.2, 0.25) is 0 Å². The number of carbonyl (C=O) groups is 1. The van der Waals surface area contributed by atoms with Crippen molar-refractivity contribution in [1.29, 1.82) is 0 Å². The van der Waals surface area contributed by atoms with Gasteiger partial charge in [-0.1, -0.05) is 12.8 Å². The average molecular weight is 251 g/mol. The standard InChI is InChI=1S/C13H18FN3O/c14-10-5-6-12(16-9-10)13(18)17-7-3-1-2-4-11(17)8-15/h5-6,9,11H,1-4,7-8,15H2. The molecule has 1 saturated heterocycles. The molecule has 1 amide bonds. The Labute approximate surface area is 106 Å². The summed E-state index contributed by atoms with van der Waals surface area (Å²) in [5.74, 6) is -0.579. The molecule has 4 nitrogen and oxygen atoms in total. The summed E-state index contributed by atoms with van der Waals surface area (Å²) in [7, 11) is 0. The monoisotopic (exact) mass is 251 g/mol. The van der Waals surface area contributed by atoms with E-state index in [0.29, 0.717) is 13.1 Å². The molecule has 18 heavy (non-hydrogen) atoms. The van der Waals surface area contributed by atoms with Crippen molar-refractivity contribution >= 4 is 5.91 Å². The number of likely N-dealkylation sites (tertiary alicyclic amines) is 1. The predicted molar refractivity (Wildman–Crippen MR) is 66.5 cm³/mol. The van der Waals surface area contributed by atoms with Crippen molar-refractivity contribution in [2.24, 2.45) is 5.73 Å². The van der Waals surface area contributed by atoms with Crippen LogP contribution >= 0.6 is 0 Å². The van der Waals surface area contributed by atoms with Gasteiger partial charge in [-0.15, -0.1) is 0 Å². The normalized spacial score (nSPS) is 20.6. The first-order valence-electron chi connectivity index (χ1n) is 6.35. The van der Waals surface area contributed by atoms with Crippen LogP contribution in [0, 0.1) is 5.82 Å². The van der Waals surface area contributed by atoms with E-state index in [1.807, 2.05) is 0 Å². The highest BCUT2D eigenvalue weighted by atomic mass is 19.1. The van der Waals surface area contributed by atoms with Gasteiger partial charge in [0.15, 0.2) is 0 Å². The van der Waals surface area contributed by atoms with Crippen molar-refractivity contribution in [1.82, 2.24) is 9.88 Å². The SMILES string of the molecule is NCC1CCCCCN1C(=O)c1ccc(F)cn1. The van der Waals surface area contributed by atoms with Gasteiger partial charge in [0.05, 0.1) is 6.20 Å². The van der Waals surface area contributed by atoms with E-state index in [1.54, 1.807) is 4.90 Å². The Morgan fingerprint density at radius 3 is 2.94 bits per heavy atom. The number of halogens is 1. The second-order valence-electron chi connectivity index (χ2n) is 4.60. The number of hydrogen-bond donors (Lipinski definition) is 1. The van der Waals surface area contributed by atoms with Crippen molar-refractivity contribution in [3.8, 4) is 0 Å². The van der Waals surface area contributed by atoms with Gasteiger partial charge in [-0.05, 0) is 25.0 Å². The molecule has 2 heterocycles. The van der Waals surface area contributed by atoms with E-state index in [0.717, 1.165) is 31.9 Å². The molecule has 1 aliphatic rings. The zero-order valence-electron chi connectivity index (χ0n) is 10.3. The second-order valence-corrected chi connectivity index (χ2v) is 4.60. The Hall–Kier alpha value is -1.49. The third-order valence-corrected chi connectivity index (χ3v) is 3.36. The summed E-state index contributed by atoms with van der Waals surface area (Å²) in [5.41, 5.74) is 6.02. The molecule has 0 aromatic carbocycles. The van der Waals surface area contributed by atoms with E-state index >= 15 is 0 Å². The first-order valence-corrected chi connectivity index (χ1v) is 6.35. The number of nitrogens with two attached hydrogens (primary N) is 1. The summed E-state index contributed by atoms with van der Waals surface area (Å²) in [5, 5.41) is 0. The number of carbonyl (C=O) groups excluding carboxylic acids is 1. The molecule has 98 valence electrons. The Morgan fingerprint density at radius 2 is 2.28 bits per heavy atom. The number of rotatable bonds is 2. The maximum Gasteiger partial charge on any atom is 0.272 e. The van der Waals surface area contributed by atoms with Crippen molar-refractivity contribution in [3.05, 3.63) is 29.8 Å². The average Bonchev–Trinajstić information content (AvgIpc) is 2.63. The van der Waals surface area contributed by atoms with Gasteiger partial charge in [0.2, 0.25) is 0 Å². The van der Waals surface area contributed by atoms with Crippen molar-refractivity contribution in [2.75, 3.05) is 13.1 Å². The summed E-state index contributed by atoms with van der Waals surface area (Å²) in [6.07, 6.45) is 5.22. The van der Waals surface area contributed by atoms with Gasteiger partial charge in [0.25, 0.3) is 5.91 Å². The van der Waals surface area contributed by atoms with Gasteiger partial charge in [-0.2, -0.15) is 0 Å².